The van der Waals surface area contributed by atoms with Crippen LogP contribution in [0.2, 0.25) is 0 Å². The van der Waals surface area contributed by atoms with E-state index in [-0.39, 0.29) is 12.1 Å². The van der Waals surface area contributed by atoms with E-state index in [1.807, 2.05) is 4.68 Å². The standard InChI is InChI=1S/C13H25N3O2/c1-5-7-10(17-3)12(14)13-11(18-4)9-15-16(13)8-6-2/h9-10,12H,5-8,14H2,1-4H3. The summed E-state index contributed by atoms with van der Waals surface area (Å²) in [5, 5.41) is 4.33. The van der Waals surface area contributed by atoms with Gasteiger partial charge >= 0.3 is 0 Å². The van der Waals surface area contributed by atoms with Gasteiger partial charge in [-0.1, -0.05) is 20.3 Å². The van der Waals surface area contributed by atoms with Gasteiger partial charge in [0, 0.05) is 13.7 Å². The molecule has 0 saturated heterocycles. The molecule has 1 heterocycles. The Morgan fingerprint density at radius 3 is 2.56 bits per heavy atom. The van der Waals surface area contributed by atoms with Crippen LogP contribution < -0.4 is 10.5 Å². The predicted molar refractivity (Wildman–Crippen MR) is 71.7 cm³/mol. The number of hydrogen-bond donors (Lipinski definition) is 1. The van der Waals surface area contributed by atoms with Crippen molar-refractivity contribution in [3.8, 4) is 5.75 Å². The van der Waals surface area contributed by atoms with Crippen molar-refractivity contribution in [2.24, 2.45) is 5.73 Å². The number of ether oxygens (including phenoxy) is 2. The SMILES string of the molecule is CCCC(OC)C(N)c1c(OC)cnn1CCC. The zero-order valence-corrected chi connectivity index (χ0v) is 11.8. The van der Waals surface area contributed by atoms with Crippen LogP contribution in [0.25, 0.3) is 0 Å². The summed E-state index contributed by atoms with van der Waals surface area (Å²) in [5.74, 6) is 0.745. The molecule has 1 aromatic heterocycles. The summed E-state index contributed by atoms with van der Waals surface area (Å²) in [6, 6.07) is -0.209. The van der Waals surface area contributed by atoms with Gasteiger partial charge in [-0.2, -0.15) is 5.10 Å². The van der Waals surface area contributed by atoms with Crippen LogP contribution in [0.15, 0.2) is 6.20 Å². The maximum Gasteiger partial charge on any atom is 0.161 e. The molecule has 0 radical (unpaired) electrons. The Hall–Kier alpha value is -1.07. The van der Waals surface area contributed by atoms with E-state index in [1.54, 1.807) is 20.4 Å². The van der Waals surface area contributed by atoms with Crippen LogP contribution in [-0.4, -0.2) is 30.1 Å². The average Bonchev–Trinajstić information content (AvgIpc) is 2.78. The van der Waals surface area contributed by atoms with Gasteiger partial charge in [-0.3, -0.25) is 4.68 Å². The lowest BCUT2D eigenvalue weighted by molar-refractivity contribution is 0.0692. The summed E-state index contributed by atoms with van der Waals surface area (Å²) in [6.07, 6.45) is 4.70. The van der Waals surface area contributed by atoms with Gasteiger partial charge in [0.1, 0.15) is 0 Å². The minimum Gasteiger partial charge on any atom is -0.493 e. The first kappa shape index (κ1) is 15.0. The fraction of sp³-hybridized carbons (Fsp3) is 0.769. The van der Waals surface area contributed by atoms with E-state index >= 15 is 0 Å². The zero-order valence-electron chi connectivity index (χ0n) is 11.8. The third-order valence-electron chi connectivity index (χ3n) is 3.09. The predicted octanol–water partition coefficient (Wildman–Crippen LogP) is 2.12. The van der Waals surface area contributed by atoms with Crippen LogP contribution in [0, 0.1) is 0 Å². The lowest BCUT2D eigenvalue weighted by Gasteiger charge is -2.23. The van der Waals surface area contributed by atoms with E-state index in [9.17, 15) is 0 Å². The second-order valence-electron chi connectivity index (χ2n) is 4.41. The summed E-state index contributed by atoms with van der Waals surface area (Å²) in [4.78, 5) is 0. The molecule has 1 aromatic rings. The number of aryl methyl sites for hydroxylation is 1. The van der Waals surface area contributed by atoms with Gasteiger partial charge in [0.05, 0.1) is 31.1 Å². The molecule has 5 nitrogen and oxygen atoms in total. The van der Waals surface area contributed by atoms with Crippen LogP contribution in [0.4, 0.5) is 0 Å². The molecule has 0 spiro atoms. The Kier molecular flexibility index (Phi) is 6.15. The Bertz CT molecular complexity index is 352. The van der Waals surface area contributed by atoms with Crippen molar-refractivity contribution in [2.45, 2.75) is 51.8 Å². The molecular formula is C13H25N3O2. The van der Waals surface area contributed by atoms with E-state index in [0.717, 1.165) is 37.3 Å². The Morgan fingerprint density at radius 2 is 2.06 bits per heavy atom. The molecule has 0 aliphatic heterocycles. The number of nitrogens with zero attached hydrogens (tertiary/aromatic N) is 2. The molecule has 0 saturated carbocycles. The summed E-state index contributed by atoms with van der Waals surface area (Å²) in [6.45, 7) is 5.08. The van der Waals surface area contributed by atoms with E-state index in [0.29, 0.717) is 0 Å². The molecule has 0 amide bonds. The second kappa shape index (κ2) is 7.38. The quantitative estimate of drug-likeness (QED) is 0.773. The number of hydrogen-bond acceptors (Lipinski definition) is 4. The maximum absolute atomic E-state index is 6.32. The van der Waals surface area contributed by atoms with Crippen molar-refractivity contribution in [1.29, 1.82) is 0 Å². The highest BCUT2D eigenvalue weighted by Gasteiger charge is 2.25. The fourth-order valence-corrected chi connectivity index (χ4v) is 2.17. The summed E-state index contributed by atoms with van der Waals surface area (Å²) >= 11 is 0. The monoisotopic (exact) mass is 255 g/mol. The molecule has 2 unspecified atom stereocenters. The Labute approximate surface area is 109 Å². The number of rotatable bonds is 8. The zero-order chi connectivity index (χ0) is 13.5. The summed E-state index contributed by atoms with van der Waals surface area (Å²) < 4.78 is 12.8. The van der Waals surface area contributed by atoms with Gasteiger partial charge in [0.2, 0.25) is 0 Å². The smallest absolute Gasteiger partial charge is 0.161 e. The van der Waals surface area contributed by atoms with Gasteiger partial charge in [-0.05, 0) is 12.8 Å². The molecule has 5 heteroatoms. The Balaban J connectivity index is 3.00. The lowest BCUT2D eigenvalue weighted by atomic mass is 10.0. The van der Waals surface area contributed by atoms with Crippen LogP contribution in [0.5, 0.6) is 5.75 Å². The van der Waals surface area contributed by atoms with Crippen molar-refractivity contribution in [2.75, 3.05) is 14.2 Å². The van der Waals surface area contributed by atoms with Crippen molar-refractivity contribution in [3.63, 3.8) is 0 Å². The second-order valence-corrected chi connectivity index (χ2v) is 4.41. The van der Waals surface area contributed by atoms with Gasteiger partial charge in [-0.25, -0.2) is 0 Å². The molecule has 0 aliphatic carbocycles. The van der Waals surface area contributed by atoms with Crippen molar-refractivity contribution in [3.05, 3.63) is 11.9 Å². The van der Waals surface area contributed by atoms with Crippen LogP contribution in [0.1, 0.15) is 44.8 Å². The summed E-state index contributed by atoms with van der Waals surface area (Å²) in [7, 11) is 3.35. The number of methoxy groups -OCH3 is 2. The van der Waals surface area contributed by atoms with Crippen molar-refractivity contribution in [1.82, 2.24) is 9.78 Å². The molecule has 0 bridgehead atoms. The highest BCUT2D eigenvalue weighted by atomic mass is 16.5. The van der Waals surface area contributed by atoms with Crippen LogP contribution in [-0.2, 0) is 11.3 Å². The fourth-order valence-electron chi connectivity index (χ4n) is 2.17. The topological polar surface area (TPSA) is 62.3 Å². The number of aromatic nitrogens is 2. The molecule has 0 fully saturated rings. The highest BCUT2D eigenvalue weighted by Crippen LogP contribution is 2.28. The molecule has 0 aliphatic rings. The van der Waals surface area contributed by atoms with Gasteiger partial charge in [-0.15, -0.1) is 0 Å². The van der Waals surface area contributed by atoms with Crippen molar-refractivity contribution >= 4 is 0 Å². The first-order valence-corrected chi connectivity index (χ1v) is 6.57. The van der Waals surface area contributed by atoms with E-state index in [2.05, 4.69) is 18.9 Å². The largest absolute Gasteiger partial charge is 0.493 e. The van der Waals surface area contributed by atoms with E-state index < -0.39 is 0 Å². The molecule has 104 valence electrons. The van der Waals surface area contributed by atoms with Gasteiger partial charge in [0.25, 0.3) is 0 Å². The Morgan fingerprint density at radius 1 is 1.33 bits per heavy atom. The highest BCUT2D eigenvalue weighted by molar-refractivity contribution is 5.29. The molecular weight excluding hydrogens is 230 g/mol. The first-order chi connectivity index (χ1) is 8.69. The minimum atomic E-state index is -0.209. The molecule has 2 atom stereocenters. The van der Waals surface area contributed by atoms with Gasteiger partial charge in [0.15, 0.2) is 5.75 Å². The average molecular weight is 255 g/mol. The maximum atomic E-state index is 6.32. The van der Waals surface area contributed by atoms with Crippen molar-refractivity contribution < 1.29 is 9.47 Å². The normalized spacial score (nSPS) is 14.5. The van der Waals surface area contributed by atoms with Crippen LogP contribution >= 0.6 is 0 Å². The third-order valence-corrected chi connectivity index (χ3v) is 3.09. The molecule has 0 aromatic carbocycles. The van der Waals surface area contributed by atoms with E-state index in [4.69, 9.17) is 15.2 Å². The van der Waals surface area contributed by atoms with Gasteiger partial charge < -0.3 is 15.2 Å². The summed E-state index contributed by atoms with van der Waals surface area (Å²) in [5.41, 5.74) is 7.25. The molecule has 2 N–H and O–H groups in total. The molecule has 18 heavy (non-hydrogen) atoms. The van der Waals surface area contributed by atoms with E-state index in [1.165, 1.54) is 0 Å². The van der Waals surface area contributed by atoms with Crippen LogP contribution in [0.3, 0.4) is 0 Å². The lowest BCUT2D eigenvalue weighted by Crippen LogP contribution is -2.30. The minimum absolute atomic E-state index is 0.00351. The third kappa shape index (κ3) is 3.23. The first-order valence-electron chi connectivity index (χ1n) is 6.57. The number of nitrogens with two attached hydrogens (primary N) is 1. The molecule has 1 rings (SSSR count).